The normalized spacial score (nSPS) is 37.9. The molecule has 0 spiro atoms. The smallest absolute Gasteiger partial charge is 0.203 e. The molecule has 2 aromatic rings. The summed E-state index contributed by atoms with van der Waals surface area (Å²) >= 11 is 0. The molecule has 236 valence electrons. The summed E-state index contributed by atoms with van der Waals surface area (Å²) < 4.78 is 28.5. The number of benzene rings is 2. The van der Waals surface area contributed by atoms with E-state index in [0.29, 0.717) is 5.56 Å². The van der Waals surface area contributed by atoms with Crippen LogP contribution in [0.5, 0.6) is 23.0 Å². The number of fused-ring (bicyclic) bond motifs is 1. The minimum atomic E-state index is -1.85. The molecule has 0 unspecified atom stereocenters. The van der Waals surface area contributed by atoms with Crippen LogP contribution in [0.15, 0.2) is 36.4 Å². The molecule has 43 heavy (non-hydrogen) atoms. The van der Waals surface area contributed by atoms with Crippen LogP contribution in [0.4, 0.5) is 0 Å². The highest BCUT2D eigenvalue weighted by molar-refractivity contribution is 6.05. The Hall–Kier alpha value is -3.09. The zero-order chi connectivity index (χ0) is 31.2. The molecule has 15 heteroatoms. The topological polar surface area (TPSA) is 245 Å². The van der Waals surface area contributed by atoms with E-state index in [1.807, 2.05) is 0 Å². The van der Waals surface area contributed by atoms with Crippen molar-refractivity contribution in [3.63, 3.8) is 0 Å². The van der Waals surface area contributed by atoms with E-state index in [1.54, 1.807) is 0 Å². The summed E-state index contributed by atoms with van der Waals surface area (Å²) in [4.78, 5) is 13.6. The molecule has 0 aliphatic carbocycles. The first-order chi connectivity index (χ1) is 20.4. The van der Waals surface area contributed by atoms with E-state index in [9.17, 15) is 50.8 Å². The van der Waals surface area contributed by atoms with Crippen molar-refractivity contribution >= 4 is 5.78 Å². The number of hydrogen-bond donors (Lipinski definition) is 9. The third-order valence-electron chi connectivity index (χ3n) is 7.79. The van der Waals surface area contributed by atoms with Gasteiger partial charge in [0, 0.05) is 12.1 Å². The van der Waals surface area contributed by atoms with E-state index in [4.69, 9.17) is 23.7 Å². The predicted molar refractivity (Wildman–Crippen MR) is 140 cm³/mol. The number of carbonyl (C=O) groups is 1. The minimum Gasteiger partial charge on any atom is -0.508 e. The van der Waals surface area contributed by atoms with Gasteiger partial charge in [0.1, 0.15) is 77.4 Å². The van der Waals surface area contributed by atoms with Crippen LogP contribution in [0, 0.1) is 0 Å². The second kappa shape index (κ2) is 12.5. The van der Waals surface area contributed by atoms with Crippen LogP contribution < -0.4 is 4.74 Å². The first-order valence-corrected chi connectivity index (χ1v) is 13.6. The number of ketones is 1. The van der Waals surface area contributed by atoms with Crippen molar-refractivity contribution in [1.82, 2.24) is 0 Å². The molecule has 2 saturated heterocycles. The Morgan fingerprint density at radius 2 is 1.35 bits per heavy atom. The van der Waals surface area contributed by atoms with Gasteiger partial charge in [-0.15, -0.1) is 0 Å². The van der Waals surface area contributed by atoms with Crippen molar-refractivity contribution in [2.24, 2.45) is 0 Å². The molecule has 2 fully saturated rings. The lowest BCUT2D eigenvalue weighted by Crippen LogP contribution is -2.61. The number of rotatable bonds is 7. The van der Waals surface area contributed by atoms with Crippen LogP contribution in [-0.2, 0) is 18.9 Å². The molecule has 12 atom stereocenters. The number of ether oxygens (including phenoxy) is 5. The van der Waals surface area contributed by atoms with Crippen molar-refractivity contribution in [1.29, 1.82) is 0 Å². The lowest BCUT2D eigenvalue weighted by molar-refractivity contribution is -0.314. The van der Waals surface area contributed by atoms with Gasteiger partial charge < -0.3 is 69.6 Å². The van der Waals surface area contributed by atoms with Gasteiger partial charge in [0.15, 0.2) is 18.5 Å². The molecule has 0 amide bonds. The first-order valence-electron chi connectivity index (χ1n) is 13.6. The Morgan fingerprint density at radius 3 is 2.00 bits per heavy atom. The third-order valence-corrected chi connectivity index (χ3v) is 7.79. The van der Waals surface area contributed by atoms with E-state index < -0.39 is 91.6 Å². The number of phenols is 3. The number of Topliss-reactive ketones (excluding diaryl/α,β-unsaturated/α-hetero) is 1. The Labute approximate surface area is 244 Å². The minimum absolute atomic E-state index is 0.0729. The lowest BCUT2D eigenvalue weighted by Gasteiger charge is -2.43. The van der Waals surface area contributed by atoms with E-state index >= 15 is 0 Å². The molecule has 0 bridgehead atoms. The molecule has 3 aliphatic heterocycles. The summed E-state index contributed by atoms with van der Waals surface area (Å²) in [5.74, 6) is -1.99. The average molecular weight is 611 g/mol. The van der Waals surface area contributed by atoms with Gasteiger partial charge in [0.25, 0.3) is 0 Å². The number of aromatic hydroxyl groups is 3. The standard InChI is InChI=1S/C28H34O15/c1-10-19(32)23(36)20(33)16(40-10)8-39-9-17-21(34)24(37)25(38)28(42-17)43-27-22(35)18-14(31)6-13(30)7-15(18)41-26(27)11-2-4-12(29)5-3-11/h2-7,10,16-17,19-21,23-34,36-38H,8-9H2,1H3/t10-,16-,17+,19-,20-,21+,23+,24-,25+,26-,27-,28-/m0/s1. The van der Waals surface area contributed by atoms with E-state index in [2.05, 4.69) is 0 Å². The molecule has 3 heterocycles. The quantitative estimate of drug-likeness (QED) is 0.168. The Kier molecular flexibility index (Phi) is 9.10. The molecular formula is C28H34O15. The summed E-state index contributed by atoms with van der Waals surface area (Å²) in [5.41, 5.74) is 0.0270. The molecule has 5 rings (SSSR count). The molecule has 0 saturated carbocycles. The van der Waals surface area contributed by atoms with Gasteiger partial charge in [-0.25, -0.2) is 0 Å². The molecule has 3 aliphatic rings. The average Bonchev–Trinajstić information content (AvgIpc) is 2.96. The van der Waals surface area contributed by atoms with Gasteiger partial charge in [-0.2, -0.15) is 0 Å². The van der Waals surface area contributed by atoms with Crippen molar-refractivity contribution in [2.75, 3.05) is 13.2 Å². The molecular weight excluding hydrogens is 576 g/mol. The van der Waals surface area contributed by atoms with Crippen molar-refractivity contribution in [3.05, 3.63) is 47.5 Å². The second-order valence-corrected chi connectivity index (χ2v) is 10.8. The van der Waals surface area contributed by atoms with Crippen LogP contribution in [0.25, 0.3) is 0 Å². The zero-order valence-corrected chi connectivity index (χ0v) is 22.8. The predicted octanol–water partition coefficient (Wildman–Crippen LogP) is -1.80. The molecule has 9 N–H and O–H groups in total. The summed E-state index contributed by atoms with van der Waals surface area (Å²) in [6.45, 7) is 0.791. The van der Waals surface area contributed by atoms with Gasteiger partial charge >= 0.3 is 0 Å². The number of phenolic OH excluding ortho intramolecular Hbond substituents is 3. The van der Waals surface area contributed by atoms with Crippen molar-refractivity contribution in [3.8, 4) is 23.0 Å². The number of aliphatic hydroxyl groups excluding tert-OH is 6. The second-order valence-electron chi connectivity index (χ2n) is 10.8. The SMILES string of the molecule is C[C@@H]1O[C@@H](COC[C@H]2O[C@@H](O[C@H]3C(=O)c4c(O)cc(O)cc4O[C@H]3c3ccc(O)cc3)[C@H](O)[C@@H](O)[C@@H]2O)[C@H](O)[C@H](O)[C@H]1O. The summed E-state index contributed by atoms with van der Waals surface area (Å²) in [6.07, 6.45) is -17.3. The highest BCUT2D eigenvalue weighted by atomic mass is 16.7. The summed E-state index contributed by atoms with van der Waals surface area (Å²) in [7, 11) is 0. The van der Waals surface area contributed by atoms with Crippen LogP contribution in [-0.4, -0.2) is 132 Å². The Morgan fingerprint density at radius 1 is 0.744 bits per heavy atom. The highest BCUT2D eigenvalue weighted by Crippen LogP contribution is 2.43. The van der Waals surface area contributed by atoms with Crippen LogP contribution in [0.3, 0.4) is 0 Å². The largest absolute Gasteiger partial charge is 0.508 e. The van der Waals surface area contributed by atoms with Gasteiger partial charge in [0.2, 0.25) is 5.78 Å². The zero-order valence-electron chi connectivity index (χ0n) is 22.8. The Bertz CT molecular complexity index is 1290. The van der Waals surface area contributed by atoms with E-state index in [1.165, 1.54) is 31.2 Å². The number of aliphatic hydroxyl groups is 6. The summed E-state index contributed by atoms with van der Waals surface area (Å²) in [6, 6.07) is 7.63. The molecule has 0 aromatic heterocycles. The third kappa shape index (κ3) is 6.14. The number of hydrogen-bond acceptors (Lipinski definition) is 15. The molecule has 15 nitrogen and oxygen atoms in total. The molecule has 2 aromatic carbocycles. The summed E-state index contributed by atoms with van der Waals surface area (Å²) in [5, 5.41) is 91.9. The van der Waals surface area contributed by atoms with E-state index in [0.717, 1.165) is 12.1 Å². The lowest BCUT2D eigenvalue weighted by atomic mass is 9.92. The van der Waals surface area contributed by atoms with Gasteiger partial charge in [-0.1, -0.05) is 12.1 Å². The fourth-order valence-electron chi connectivity index (χ4n) is 5.33. The highest BCUT2D eigenvalue weighted by Gasteiger charge is 2.49. The van der Waals surface area contributed by atoms with Gasteiger partial charge in [-0.05, 0) is 24.6 Å². The monoisotopic (exact) mass is 610 g/mol. The van der Waals surface area contributed by atoms with Gasteiger partial charge in [-0.3, -0.25) is 4.79 Å². The maximum Gasteiger partial charge on any atom is 0.203 e. The van der Waals surface area contributed by atoms with Gasteiger partial charge in [0.05, 0.1) is 19.3 Å². The first kappa shape index (κ1) is 31.3. The van der Waals surface area contributed by atoms with Crippen molar-refractivity contribution < 1.29 is 74.4 Å². The fourth-order valence-corrected chi connectivity index (χ4v) is 5.33. The van der Waals surface area contributed by atoms with E-state index in [-0.39, 0.29) is 29.4 Å². The van der Waals surface area contributed by atoms with Crippen LogP contribution in [0.2, 0.25) is 0 Å². The number of carbonyl (C=O) groups excluding carboxylic acids is 1. The van der Waals surface area contributed by atoms with Crippen LogP contribution in [0.1, 0.15) is 28.9 Å². The Balaban J connectivity index is 1.34. The maximum atomic E-state index is 13.6. The van der Waals surface area contributed by atoms with Crippen molar-refractivity contribution in [2.45, 2.75) is 80.4 Å². The maximum absolute atomic E-state index is 13.6. The molecule has 0 radical (unpaired) electrons. The van der Waals surface area contributed by atoms with Crippen LogP contribution >= 0.6 is 0 Å². The fraction of sp³-hybridized carbons (Fsp3) is 0.536.